The number of oxazole rings is 1. The first-order chi connectivity index (χ1) is 14.7. The van der Waals surface area contributed by atoms with Gasteiger partial charge < -0.3 is 18.8 Å². The first kappa shape index (κ1) is 24.9. The summed E-state index contributed by atoms with van der Waals surface area (Å²) >= 11 is 1.76. The molecule has 2 aromatic heterocycles. The normalized spacial score (nSPS) is 20.1. The van der Waals surface area contributed by atoms with Crippen molar-refractivity contribution < 1.29 is 4.42 Å². The van der Waals surface area contributed by atoms with Crippen LogP contribution in [0.25, 0.3) is 11.6 Å². The van der Waals surface area contributed by atoms with E-state index in [1.807, 2.05) is 18.5 Å². The molecule has 0 bridgehead atoms. The predicted octanol–water partition coefficient (Wildman–Crippen LogP) is 4.32. The minimum absolute atomic E-state index is 0. The highest BCUT2D eigenvalue weighted by Crippen LogP contribution is 2.35. The van der Waals surface area contributed by atoms with Crippen LogP contribution in [0.15, 0.2) is 46.3 Å². The van der Waals surface area contributed by atoms with Crippen molar-refractivity contribution in [2.45, 2.75) is 31.0 Å². The summed E-state index contributed by atoms with van der Waals surface area (Å²) in [5.74, 6) is 3.28. The van der Waals surface area contributed by atoms with Crippen LogP contribution in [0.4, 0.5) is 5.69 Å². The van der Waals surface area contributed by atoms with E-state index < -0.39 is 0 Å². The number of para-hydroxylation sites is 1. The molecule has 32 heavy (non-hydrogen) atoms. The number of benzene rings is 1. The van der Waals surface area contributed by atoms with Crippen molar-refractivity contribution in [1.82, 2.24) is 24.6 Å². The SMILES string of the molecule is Cc1ncoc1-c1nnc(SCCCN2C[C@H]3CCN(c4ccccc4)[C@H]3C2)n1C.Cl.Cl. The first-order valence-corrected chi connectivity index (χ1v) is 11.7. The van der Waals surface area contributed by atoms with Gasteiger partial charge in [0, 0.05) is 44.2 Å². The largest absolute Gasteiger partial charge is 0.440 e. The summed E-state index contributed by atoms with van der Waals surface area (Å²) in [5.41, 5.74) is 2.22. The van der Waals surface area contributed by atoms with E-state index in [1.54, 1.807) is 11.8 Å². The Morgan fingerprint density at radius 1 is 1.12 bits per heavy atom. The first-order valence-electron chi connectivity index (χ1n) is 10.7. The molecule has 2 aliphatic heterocycles. The van der Waals surface area contributed by atoms with Crippen molar-refractivity contribution in [1.29, 1.82) is 0 Å². The molecule has 0 unspecified atom stereocenters. The van der Waals surface area contributed by atoms with Crippen LogP contribution in [0.3, 0.4) is 0 Å². The third-order valence-electron chi connectivity index (χ3n) is 6.34. The van der Waals surface area contributed by atoms with E-state index >= 15 is 0 Å². The van der Waals surface area contributed by atoms with Gasteiger partial charge in [-0.2, -0.15) is 0 Å². The van der Waals surface area contributed by atoms with E-state index in [1.165, 1.54) is 38.1 Å². The second-order valence-electron chi connectivity index (χ2n) is 8.24. The molecular formula is C22H30Cl2N6OS. The van der Waals surface area contributed by atoms with Crippen LogP contribution in [-0.4, -0.2) is 62.6 Å². The molecule has 1 aromatic carbocycles. The highest BCUT2D eigenvalue weighted by molar-refractivity contribution is 7.99. The molecule has 5 rings (SSSR count). The van der Waals surface area contributed by atoms with Crippen molar-refractivity contribution in [2.75, 3.05) is 36.8 Å². The van der Waals surface area contributed by atoms with Crippen LogP contribution in [0.1, 0.15) is 18.5 Å². The number of aryl methyl sites for hydroxylation is 1. The number of hydrogen-bond donors (Lipinski definition) is 0. The summed E-state index contributed by atoms with van der Waals surface area (Å²) in [6.45, 7) is 6.68. The Hall–Kier alpha value is -1.74. The Morgan fingerprint density at radius 3 is 2.69 bits per heavy atom. The molecule has 0 spiro atoms. The van der Waals surface area contributed by atoms with Gasteiger partial charge in [0.25, 0.3) is 0 Å². The van der Waals surface area contributed by atoms with E-state index in [4.69, 9.17) is 4.42 Å². The fraction of sp³-hybridized carbons (Fsp3) is 0.500. The molecular weight excluding hydrogens is 467 g/mol. The predicted molar refractivity (Wildman–Crippen MR) is 133 cm³/mol. The van der Waals surface area contributed by atoms with Gasteiger partial charge in [-0.05, 0) is 44.4 Å². The molecule has 3 aromatic rings. The smallest absolute Gasteiger partial charge is 0.202 e. The average molecular weight is 497 g/mol. The Balaban J connectivity index is 0.00000144. The third-order valence-corrected chi connectivity index (χ3v) is 7.45. The third kappa shape index (κ3) is 4.93. The van der Waals surface area contributed by atoms with Gasteiger partial charge in [0.05, 0.1) is 5.69 Å². The summed E-state index contributed by atoms with van der Waals surface area (Å²) in [7, 11) is 1.99. The molecule has 2 atom stereocenters. The number of rotatable bonds is 7. The number of thioether (sulfide) groups is 1. The van der Waals surface area contributed by atoms with Crippen LogP contribution in [0, 0.1) is 12.8 Å². The quantitative estimate of drug-likeness (QED) is 0.356. The van der Waals surface area contributed by atoms with Gasteiger partial charge in [0.2, 0.25) is 5.82 Å². The lowest BCUT2D eigenvalue weighted by Gasteiger charge is -2.27. The average Bonchev–Trinajstić information content (AvgIpc) is 3.51. The molecule has 2 aliphatic rings. The highest BCUT2D eigenvalue weighted by Gasteiger charge is 2.40. The van der Waals surface area contributed by atoms with Gasteiger partial charge in [-0.1, -0.05) is 30.0 Å². The van der Waals surface area contributed by atoms with Crippen LogP contribution in [0.2, 0.25) is 0 Å². The Kier molecular flexibility index (Phi) is 8.49. The maximum atomic E-state index is 5.46. The lowest BCUT2D eigenvalue weighted by Crippen LogP contribution is -2.35. The van der Waals surface area contributed by atoms with Crippen LogP contribution in [-0.2, 0) is 7.05 Å². The lowest BCUT2D eigenvalue weighted by atomic mass is 10.1. The zero-order valence-electron chi connectivity index (χ0n) is 18.4. The number of anilines is 1. The highest BCUT2D eigenvalue weighted by atomic mass is 35.5. The van der Waals surface area contributed by atoms with Gasteiger partial charge in [-0.15, -0.1) is 35.0 Å². The van der Waals surface area contributed by atoms with Crippen LogP contribution >= 0.6 is 36.6 Å². The van der Waals surface area contributed by atoms with Crippen molar-refractivity contribution in [3.05, 3.63) is 42.4 Å². The summed E-state index contributed by atoms with van der Waals surface area (Å²) in [6, 6.07) is 11.6. The van der Waals surface area contributed by atoms with Crippen molar-refractivity contribution in [3.8, 4) is 11.6 Å². The maximum absolute atomic E-state index is 5.46. The van der Waals surface area contributed by atoms with Crippen LogP contribution in [0.5, 0.6) is 0 Å². The van der Waals surface area contributed by atoms with Crippen molar-refractivity contribution in [2.24, 2.45) is 13.0 Å². The standard InChI is InChI=1S/C22H28N6OS.2ClH/c1-16-20(29-15-23-16)21-24-25-22(26(21)2)30-12-6-10-27-13-17-9-11-28(19(17)14-27)18-7-4-3-5-8-18;;/h3-5,7-8,15,17,19H,6,9-14H2,1-2H3;2*1H/t17-,19+;;/m1../s1. The topological polar surface area (TPSA) is 63.2 Å². The van der Waals surface area contributed by atoms with Crippen LogP contribution < -0.4 is 4.90 Å². The molecule has 7 nitrogen and oxygen atoms in total. The minimum atomic E-state index is 0. The number of hydrogen-bond acceptors (Lipinski definition) is 7. The Bertz CT molecular complexity index is 997. The maximum Gasteiger partial charge on any atom is 0.202 e. The molecule has 0 radical (unpaired) electrons. The summed E-state index contributed by atoms with van der Waals surface area (Å²) in [4.78, 5) is 9.41. The number of aromatic nitrogens is 4. The van der Waals surface area contributed by atoms with E-state index in [2.05, 4.69) is 55.3 Å². The minimum Gasteiger partial charge on any atom is -0.440 e. The number of nitrogens with zero attached hydrogens (tertiary/aromatic N) is 6. The number of fused-ring (bicyclic) bond motifs is 1. The molecule has 2 fully saturated rings. The molecule has 0 aliphatic carbocycles. The van der Waals surface area contributed by atoms with E-state index in [0.29, 0.717) is 11.8 Å². The summed E-state index contributed by atoms with van der Waals surface area (Å²) < 4.78 is 7.46. The molecule has 174 valence electrons. The van der Waals surface area contributed by atoms with E-state index in [-0.39, 0.29) is 24.8 Å². The molecule has 0 N–H and O–H groups in total. The number of halogens is 2. The monoisotopic (exact) mass is 496 g/mol. The zero-order chi connectivity index (χ0) is 20.5. The van der Waals surface area contributed by atoms with Crippen molar-refractivity contribution in [3.63, 3.8) is 0 Å². The van der Waals surface area contributed by atoms with Gasteiger partial charge in [0.1, 0.15) is 0 Å². The van der Waals surface area contributed by atoms with E-state index in [9.17, 15) is 0 Å². The summed E-state index contributed by atoms with van der Waals surface area (Å²) in [6.07, 6.45) is 3.92. The molecule has 0 amide bonds. The lowest BCUT2D eigenvalue weighted by molar-refractivity contribution is 0.319. The fourth-order valence-electron chi connectivity index (χ4n) is 4.78. The molecule has 0 saturated carbocycles. The molecule has 10 heteroatoms. The van der Waals surface area contributed by atoms with E-state index in [0.717, 1.165) is 41.3 Å². The summed E-state index contributed by atoms with van der Waals surface area (Å²) in [5, 5.41) is 9.56. The Labute approximate surface area is 205 Å². The van der Waals surface area contributed by atoms with Gasteiger partial charge >= 0.3 is 0 Å². The molecule has 2 saturated heterocycles. The molecule has 4 heterocycles. The van der Waals surface area contributed by atoms with Gasteiger partial charge in [-0.3, -0.25) is 0 Å². The fourth-order valence-corrected chi connectivity index (χ4v) is 5.61. The van der Waals surface area contributed by atoms with Gasteiger partial charge in [-0.25, -0.2) is 4.98 Å². The Morgan fingerprint density at radius 2 is 1.94 bits per heavy atom. The van der Waals surface area contributed by atoms with Crippen molar-refractivity contribution >= 4 is 42.3 Å². The second-order valence-corrected chi connectivity index (χ2v) is 9.30. The zero-order valence-corrected chi connectivity index (χ0v) is 20.8. The second kappa shape index (κ2) is 10.9. The van der Waals surface area contributed by atoms with Gasteiger partial charge in [0.15, 0.2) is 17.3 Å². The number of likely N-dealkylation sites (tertiary alicyclic amines) is 1.